The number of anilines is 1. The molecule has 96 valence electrons. The third kappa shape index (κ3) is 3.06. The van der Waals surface area contributed by atoms with Crippen LogP contribution in [0, 0.1) is 5.41 Å². The van der Waals surface area contributed by atoms with Gasteiger partial charge in [-0.3, -0.25) is 4.79 Å². The van der Waals surface area contributed by atoms with Gasteiger partial charge in [-0.05, 0) is 12.8 Å². The number of nitrogens with one attached hydrogen (secondary N) is 1. The molecule has 1 rings (SSSR count). The first-order valence-electron chi connectivity index (χ1n) is 5.95. The lowest BCUT2D eigenvalue weighted by molar-refractivity contribution is 0.127. The van der Waals surface area contributed by atoms with E-state index in [4.69, 9.17) is 0 Å². The van der Waals surface area contributed by atoms with Gasteiger partial charge in [0.2, 0.25) is 0 Å². The molecule has 0 aliphatic carbocycles. The van der Waals surface area contributed by atoms with Gasteiger partial charge in [0, 0.05) is 31.4 Å². The Kier molecular flexibility index (Phi) is 4.69. The lowest BCUT2D eigenvalue weighted by atomic mass is 9.83. The molecule has 0 aliphatic heterocycles. The van der Waals surface area contributed by atoms with Gasteiger partial charge in [-0.2, -0.15) is 0 Å². The van der Waals surface area contributed by atoms with Crippen LogP contribution < -0.4 is 10.9 Å². The van der Waals surface area contributed by atoms with Gasteiger partial charge in [0.05, 0.1) is 6.61 Å². The van der Waals surface area contributed by atoms with Crippen molar-refractivity contribution in [3.8, 4) is 0 Å². The molecule has 0 saturated heterocycles. The van der Waals surface area contributed by atoms with E-state index in [0.717, 1.165) is 12.8 Å². The van der Waals surface area contributed by atoms with E-state index in [2.05, 4.69) is 10.3 Å². The topological polar surface area (TPSA) is 67.2 Å². The number of aliphatic hydroxyl groups is 1. The maximum atomic E-state index is 11.7. The van der Waals surface area contributed by atoms with Crippen molar-refractivity contribution in [2.45, 2.75) is 26.7 Å². The SMILES string of the molecule is CCC(CC)(CO)CNc1nccn(C)c1=O. The van der Waals surface area contributed by atoms with Gasteiger partial charge < -0.3 is 15.0 Å². The van der Waals surface area contributed by atoms with Crippen LogP contribution in [0.5, 0.6) is 0 Å². The van der Waals surface area contributed by atoms with Crippen LogP contribution in [0.3, 0.4) is 0 Å². The number of aryl methyl sites for hydroxylation is 1. The van der Waals surface area contributed by atoms with Crippen LogP contribution in [0.2, 0.25) is 0 Å². The first-order chi connectivity index (χ1) is 8.08. The summed E-state index contributed by atoms with van der Waals surface area (Å²) in [5, 5.41) is 12.5. The highest BCUT2D eigenvalue weighted by atomic mass is 16.3. The normalized spacial score (nSPS) is 11.5. The minimum atomic E-state index is -0.178. The summed E-state index contributed by atoms with van der Waals surface area (Å²) in [5.74, 6) is 0.342. The van der Waals surface area contributed by atoms with Gasteiger partial charge in [0.1, 0.15) is 0 Å². The lowest BCUT2D eigenvalue weighted by Crippen LogP contribution is -2.34. The van der Waals surface area contributed by atoms with E-state index in [0.29, 0.717) is 12.4 Å². The van der Waals surface area contributed by atoms with Gasteiger partial charge in [-0.25, -0.2) is 4.98 Å². The smallest absolute Gasteiger partial charge is 0.293 e. The Labute approximate surface area is 102 Å². The number of hydrogen-bond donors (Lipinski definition) is 2. The van der Waals surface area contributed by atoms with Crippen molar-refractivity contribution < 1.29 is 5.11 Å². The zero-order chi connectivity index (χ0) is 12.9. The van der Waals surface area contributed by atoms with Crippen LogP contribution in [-0.2, 0) is 7.05 Å². The van der Waals surface area contributed by atoms with Crippen LogP contribution >= 0.6 is 0 Å². The summed E-state index contributed by atoms with van der Waals surface area (Å²) in [6, 6.07) is 0. The summed E-state index contributed by atoms with van der Waals surface area (Å²) >= 11 is 0. The van der Waals surface area contributed by atoms with Crippen molar-refractivity contribution in [2.75, 3.05) is 18.5 Å². The minimum absolute atomic E-state index is 0.111. The first-order valence-corrected chi connectivity index (χ1v) is 5.95. The number of hydrogen-bond acceptors (Lipinski definition) is 4. The van der Waals surface area contributed by atoms with Gasteiger partial charge in [-0.1, -0.05) is 13.8 Å². The van der Waals surface area contributed by atoms with Crippen molar-refractivity contribution in [3.05, 3.63) is 22.7 Å². The Hall–Kier alpha value is -1.36. The Balaban J connectivity index is 2.79. The molecular weight excluding hydrogens is 218 g/mol. The molecule has 2 N–H and O–H groups in total. The van der Waals surface area contributed by atoms with Crippen LogP contribution in [0.4, 0.5) is 5.82 Å². The van der Waals surface area contributed by atoms with Crippen molar-refractivity contribution in [2.24, 2.45) is 12.5 Å². The molecular formula is C12H21N3O2. The molecule has 5 heteroatoms. The number of rotatable bonds is 6. The second-order valence-electron chi connectivity index (χ2n) is 4.41. The maximum Gasteiger partial charge on any atom is 0.293 e. The molecule has 0 amide bonds. The van der Waals surface area contributed by atoms with E-state index >= 15 is 0 Å². The van der Waals surface area contributed by atoms with Crippen molar-refractivity contribution in [3.63, 3.8) is 0 Å². The quantitative estimate of drug-likeness (QED) is 0.777. The lowest BCUT2D eigenvalue weighted by Gasteiger charge is -2.29. The molecule has 1 heterocycles. The molecule has 17 heavy (non-hydrogen) atoms. The molecule has 0 spiro atoms. The van der Waals surface area contributed by atoms with Gasteiger partial charge in [-0.15, -0.1) is 0 Å². The predicted molar refractivity (Wildman–Crippen MR) is 68.1 cm³/mol. The highest BCUT2D eigenvalue weighted by molar-refractivity contribution is 5.31. The molecule has 0 fully saturated rings. The summed E-state index contributed by atoms with van der Waals surface area (Å²) in [5.41, 5.74) is -0.325. The summed E-state index contributed by atoms with van der Waals surface area (Å²) in [4.78, 5) is 15.7. The van der Waals surface area contributed by atoms with Crippen LogP contribution in [0.15, 0.2) is 17.2 Å². The van der Waals surface area contributed by atoms with Crippen LogP contribution in [0.25, 0.3) is 0 Å². The van der Waals surface area contributed by atoms with Crippen molar-refractivity contribution in [1.29, 1.82) is 0 Å². The molecule has 1 aromatic rings. The predicted octanol–water partition coefficient (Wildman–Crippen LogP) is 0.991. The fourth-order valence-corrected chi connectivity index (χ4v) is 1.67. The second kappa shape index (κ2) is 5.82. The Morgan fingerprint density at radius 1 is 1.47 bits per heavy atom. The summed E-state index contributed by atoms with van der Waals surface area (Å²) in [6.45, 7) is 4.75. The molecule has 0 aliphatic rings. The van der Waals surface area contributed by atoms with Crippen LogP contribution in [0.1, 0.15) is 26.7 Å². The molecule has 0 aromatic carbocycles. The van der Waals surface area contributed by atoms with E-state index in [1.54, 1.807) is 19.4 Å². The molecule has 0 bridgehead atoms. The van der Waals surface area contributed by atoms with Crippen molar-refractivity contribution >= 4 is 5.82 Å². The molecule has 5 nitrogen and oxygen atoms in total. The first kappa shape index (κ1) is 13.7. The zero-order valence-corrected chi connectivity index (χ0v) is 10.7. The van der Waals surface area contributed by atoms with Gasteiger partial charge >= 0.3 is 0 Å². The minimum Gasteiger partial charge on any atom is -0.396 e. The van der Waals surface area contributed by atoms with E-state index in [1.807, 2.05) is 13.8 Å². The van der Waals surface area contributed by atoms with Crippen molar-refractivity contribution in [1.82, 2.24) is 9.55 Å². The third-order valence-corrected chi connectivity index (χ3v) is 3.48. The number of aromatic nitrogens is 2. The average Bonchev–Trinajstić information content (AvgIpc) is 2.36. The Morgan fingerprint density at radius 3 is 2.65 bits per heavy atom. The Bertz CT molecular complexity index is 402. The monoisotopic (exact) mass is 239 g/mol. The largest absolute Gasteiger partial charge is 0.396 e. The van der Waals surface area contributed by atoms with E-state index in [-0.39, 0.29) is 17.6 Å². The van der Waals surface area contributed by atoms with Crippen LogP contribution in [-0.4, -0.2) is 27.8 Å². The highest BCUT2D eigenvalue weighted by Gasteiger charge is 2.25. The molecule has 0 radical (unpaired) electrons. The molecule has 0 atom stereocenters. The standard InChI is InChI=1S/C12H21N3O2/c1-4-12(5-2,9-16)8-14-10-11(17)15(3)7-6-13-10/h6-7,16H,4-5,8-9H2,1-3H3,(H,13,14). The average molecular weight is 239 g/mol. The third-order valence-electron chi connectivity index (χ3n) is 3.48. The number of nitrogens with zero attached hydrogens (tertiary/aromatic N) is 2. The summed E-state index contributed by atoms with van der Waals surface area (Å²) in [7, 11) is 1.69. The second-order valence-corrected chi connectivity index (χ2v) is 4.41. The fraction of sp³-hybridized carbons (Fsp3) is 0.667. The highest BCUT2D eigenvalue weighted by Crippen LogP contribution is 2.25. The fourth-order valence-electron chi connectivity index (χ4n) is 1.67. The number of aliphatic hydroxyl groups excluding tert-OH is 1. The molecule has 0 saturated carbocycles. The zero-order valence-electron chi connectivity index (χ0n) is 10.7. The molecule has 0 unspecified atom stereocenters. The van der Waals surface area contributed by atoms with Gasteiger partial charge in [0.15, 0.2) is 5.82 Å². The summed E-state index contributed by atoms with van der Waals surface area (Å²) in [6.07, 6.45) is 4.93. The summed E-state index contributed by atoms with van der Waals surface area (Å²) < 4.78 is 1.48. The molecule has 1 aromatic heterocycles. The van der Waals surface area contributed by atoms with E-state index in [1.165, 1.54) is 4.57 Å². The Morgan fingerprint density at radius 2 is 2.12 bits per heavy atom. The van der Waals surface area contributed by atoms with Gasteiger partial charge in [0.25, 0.3) is 5.56 Å². The maximum absolute atomic E-state index is 11.7. The van der Waals surface area contributed by atoms with E-state index < -0.39 is 0 Å². The van der Waals surface area contributed by atoms with E-state index in [9.17, 15) is 9.90 Å².